The lowest BCUT2D eigenvalue weighted by atomic mass is 10.1. The molecule has 0 aliphatic heterocycles. The lowest BCUT2D eigenvalue weighted by molar-refractivity contribution is 0.259. The Labute approximate surface area is 106 Å². The maximum atomic E-state index is 10.8. The fourth-order valence-electron chi connectivity index (χ4n) is 1.16. The Hall–Kier alpha value is -1.49. The normalized spacial score (nSPS) is 12.3. The average molecular weight is 257 g/mol. The molecule has 0 aliphatic carbocycles. The van der Waals surface area contributed by atoms with Gasteiger partial charge in [-0.05, 0) is 25.0 Å². The molecular weight excluding hydrogens is 240 g/mol. The van der Waals surface area contributed by atoms with Crippen molar-refractivity contribution in [2.24, 2.45) is 11.7 Å². The Bertz CT molecular complexity index is 408. The van der Waals surface area contributed by atoms with Crippen molar-refractivity contribution >= 4 is 29.1 Å². The minimum Gasteiger partial charge on any atom is -0.366 e. The van der Waals surface area contributed by atoms with E-state index >= 15 is 0 Å². The van der Waals surface area contributed by atoms with Crippen LogP contribution in [0.3, 0.4) is 0 Å². The van der Waals surface area contributed by atoms with E-state index in [0.29, 0.717) is 22.6 Å². The zero-order valence-electron chi connectivity index (χ0n) is 10.1. The van der Waals surface area contributed by atoms with Crippen LogP contribution >= 0.6 is 11.6 Å². The zero-order valence-corrected chi connectivity index (χ0v) is 10.9. The quantitative estimate of drug-likeness (QED) is 0.725. The van der Waals surface area contributed by atoms with Crippen molar-refractivity contribution in [3.63, 3.8) is 0 Å². The summed E-state index contributed by atoms with van der Waals surface area (Å²) in [5.41, 5.74) is 5.61. The van der Waals surface area contributed by atoms with E-state index < -0.39 is 6.03 Å². The number of nitrogens with zero attached hydrogens (tertiary/aromatic N) is 1. The lowest BCUT2D eigenvalue weighted by Gasteiger charge is -2.20. The second-order valence-corrected chi connectivity index (χ2v) is 4.58. The number of rotatable bonds is 4. The SMILES string of the molecule is CC(C)C(C)Nc1nc(Cl)ccc1NC(N)=O. The van der Waals surface area contributed by atoms with Crippen molar-refractivity contribution in [3.05, 3.63) is 17.3 Å². The summed E-state index contributed by atoms with van der Waals surface area (Å²) in [7, 11) is 0. The van der Waals surface area contributed by atoms with Crippen LogP contribution < -0.4 is 16.4 Å². The molecule has 1 unspecified atom stereocenters. The molecule has 6 heteroatoms. The van der Waals surface area contributed by atoms with E-state index in [2.05, 4.69) is 29.5 Å². The highest BCUT2D eigenvalue weighted by atomic mass is 35.5. The molecule has 94 valence electrons. The minimum absolute atomic E-state index is 0.203. The number of aromatic nitrogens is 1. The van der Waals surface area contributed by atoms with Gasteiger partial charge in [-0.3, -0.25) is 0 Å². The summed E-state index contributed by atoms with van der Waals surface area (Å²) in [4.78, 5) is 15.0. The highest BCUT2D eigenvalue weighted by Gasteiger charge is 2.12. The highest BCUT2D eigenvalue weighted by Crippen LogP contribution is 2.23. The molecule has 1 heterocycles. The third-order valence-corrected chi connectivity index (χ3v) is 2.69. The molecule has 17 heavy (non-hydrogen) atoms. The second kappa shape index (κ2) is 5.72. The molecule has 1 rings (SSSR count). The number of amides is 2. The molecule has 2 amide bonds. The predicted molar refractivity (Wildman–Crippen MR) is 70.4 cm³/mol. The number of halogens is 1. The fraction of sp³-hybridized carbons (Fsp3) is 0.455. The molecule has 0 fully saturated rings. The van der Waals surface area contributed by atoms with E-state index in [0.717, 1.165) is 0 Å². The van der Waals surface area contributed by atoms with Gasteiger partial charge in [-0.25, -0.2) is 9.78 Å². The molecule has 0 radical (unpaired) electrons. The molecule has 1 aromatic rings. The van der Waals surface area contributed by atoms with Gasteiger partial charge in [0.15, 0.2) is 5.82 Å². The third-order valence-electron chi connectivity index (χ3n) is 2.48. The number of primary amides is 1. The van der Waals surface area contributed by atoms with Crippen LogP contribution in [0.2, 0.25) is 5.15 Å². The van der Waals surface area contributed by atoms with E-state index in [1.165, 1.54) is 0 Å². The number of pyridine rings is 1. The summed E-state index contributed by atoms with van der Waals surface area (Å²) in [5.74, 6) is 0.953. The maximum Gasteiger partial charge on any atom is 0.316 e. The minimum atomic E-state index is -0.630. The third kappa shape index (κ3) is 4.11. The predicted octanol–water partition coefficient (Wildman–Crippen LogP) is 2.68. The van der Waals surface area contributed by atoms with Gasteiger partial charge >= 0.3 is 6.03 Å². The standard InChI is InChI=1S/C11H17ClN4O/c1-6(2)7(3)14-10-8(15-11(13)17)4-5-9(12)16-10/h4-7H,1-3H3,(H,14,16)(H3,13,15,17). The van der Waals surface area contributed by atoms with Crippen LogP contribution in [0.1, 0.15) is 20.8 Å². The first-order valence-electron chi connectivity index (χ1n) is 5.39. The molecule has 1 atom stereocenters. The van der Waals surface area contributed by atoms with E-state index in [-0.39, 0.29) is 6.04 Å². The number of nitrogens with one attached hydrogen (secondary N) is 2. The summed E-state index contributed by atoms with van der Waals surface area (Å²) < 4.78 is 0. The number of hydrogen-bond donors (Lipinski definition) is 3. The van der Waals surface area contributed by atoms with Gasteiger partial charge in [0, 0.05) is 6.04 Å². The summed E-state index contributed by atoms with van der Waals surface area (Å²) >= 11 is 5.82. The Balaban J connectivity index is 2.94. The van der Waals surface area contributed by atoms with Gasteiger partial charge in [0.25, 0.3) is 0 Å². The van der Waals surface area contributed by atoms with Crippen LogP contribution in [-0.2, 0) is 0 Å². The zero-order chi connectivity index (χ0) is 13.0. The Morgan fingerprint density at radius 3 is 2.59 bits per heavy atom. The van der Waals surface area contributed by atoms with Crippen molar-refractivity contribution in [2.75, 3.05) is 10.6 Å². The van der Waals surface area contributed by atoms with E-state index in [9.17, 15) is 4.79 Å². The number of carbonyl (C=O) groups excluding carboxylic acids is 1. The van der Waals surface area contributed by atoms with Crippen LogP contribution in [0.25, 0.3) is 0 Å². The van der Waals surface area contributed by atoms with Gasteiger partial charge in [0.05, 0.1) is 5.69 Å². The molecule has 0 aliphatic rings. The van der Waals surface area contributed by atoms with Gasteiger partial charge in [-0.15, -0.1) is 0 Å². The topological polar surface area (TPSA) is 80.0 Å². The molecule has 0 bridgehead atoms. The molecule has 4 N–H and O–H groups in total. The van der Waals surface area contributed by atoms with Crippen molar-refractivity contribution in [1.82, 2.24) is 4.98 Å². The summed E-state index contributed by atoms with van der Waals surface area (Å²) in [6, 6.07) is 2.83. The number of urea groups is 1. The number of hydrogen-bond acceptors (Lipinski definition) is 3. The van der Waals surface area contributed by atoms with Gasteiger partial charge in [-0.1, -0.05) is 25.4 Å². The van der Waals surface area contributed by atoms with Crippen LogP contribution in [0.5, 0.6) is 0 Å². The lowest BCUT2D eigenvalue weighted by Crippen LogP contribution is -2.25. The van der Waals surface area contributed by atoms with Gasteiger partial charge in [0.2, 0.25) is 0 Å². The first-order chi connectivity index (χ1) is 7.90. The van der Waals surface area contributed by atoms with Crippen molar-refractivity contribution in [3.8, 4) is 0 Å². The summed E-state index contributed by atoms with van der Waals surface area (Å²) in [5, 5.41) is 6.05. The highest BCUT2D eigenvalue weighted by molar-refractivity contribution is 6.29. The molecule has 5 nitrogen and oxygen atoms in total. The monoisotopic (exact) mass is 256 g/mol. The first-order valence-corrected chi connectivity index (χ1v) is 5.77. The first kappa shape index (κ1) is 13.6. The molecule has 0 saturated heterocycles. The Kier molecular flexibility index (Phi) is 4.57. The number of anilines is 2. The van der Waals surface area contributed by atoms with Gasteiger partial charge < -0.3 is 16.4 Å². The van der Waals surface area contributed by atoms with Crippen molar-refractivity contribution in [1.29, 1.82) is 0 Å². The Morgan fingerprint density at radius 2 is 2.06 bits per heavy atom. The summed E-state index contributed by atoms with van der Waals surface area (Å²) in [6.45, 7) is 6.20. The van der Waals surface area contributed by atoms with E-state index in [1.807, 2.05) is 6.92 Å². The van der Waals surface area contributed by atoms with Gasteiger partial charge in [-0.2, -0.15) is 0 Å². The molecule has 0 aromatic carbocycles. The second-order valence-electron chi connectivity index (χ2n) is 4.20. The van der Waals surface area contributed by atoms with Gasteiger partial charge in [0.1, 0.15) is 5.15 Å². The van der Waals surface area contributed by atoms with Crippen LogP contribution in [0.4, 0.5) is 16.3 Å². The van der Waals surface area contributed by atoms with Crippen LogP contribution in [0, 0.1) is 5.92 Å². The number of nitrogens with two attached hydrogens (primary N) is 1. The maximum absolute atomic E-state index is 10.8. The fourth-order valence-corrected chi connectivity index (χ4v) is 1.31. The smallest absolute Gasteiger partial charge is 0.316 e. The average Bonchev–Trinajstić information content (AvgIpc) is 2.21. The molecular formula is C11H17ClN4O. The molecule has 0 spiro atoms. The Morgan fingerprint density at radius 1 is 1.41 bits per heavy atom. The van der Waals surface area contributed by atoms with E-state index in [4.69, 9.17) is 17.3 Å². The van der Waals surface area contributed by atoms with E-state index in [1.54, 1.807) is 12.1 Å². The van der Waals surface area contributed by atoms with Crippen LogP contribution in [-0.4, -0.2) is 17.1 Å². The largest absolute Gasteiger partial charge is 0.366 e. The van der Waals surface area contributed by atoms with Crippen molar-refractivity contribution in [2.45, 2.75) is 26.8 Å². The molecule has 0 saturated carbocycles. The summed E-state index contributed by atoms with van der Waals surface area (Å²) in [6.07, 6.45) is 0. The van der Waals surface area contributed by atoms with Crippen LogP contribution in [0.15, 0.2) is 12.1 Å². The number of carbonyl (C=O) groups is 1. The molecule has 1 aromatic heterocycles. The van der Waals surface area contributed by atoms with Crippen molar-refractivity contribution < 1.29 is 4.79 Å².